The summed E-state index contributed by atoms with van der Waals surface area (Å²) >= 11 is 0. The van der Waals surface area contributed by atoms with Crippen molar-refractivity contribution in [3.05, 3.63) is 72.6 Å². The minimum absolute atomic E-state index is 0.0262. The van der Waals surface area contributed by atoms with Crippen molar-refractivity contribution >= 4 is 44.1 Å². The number of aromatic carboxylic acids is 1. The zero-order valence-electron chi connectivity index (χ0n) is 21.8. The van der Waals surface area contributed by atoms with Crippen molar-refractivity contribution in [2.75, 3.05) is 49.6 Å². The molecule has 6 rings (SSSR count). The van der Waals surface area contributed by atoms with Gasteiger partial charge in [0.15, 0.2) is 0 Å². The van der Waals surface area contributed by atoms with E-state index in [0.717, 1.165) is 42.9 Å². The standard InChI is InChI=1S/C29H29N5O5S/c35-29(36)22-5-1-2-6-25(22)32-28-23-17-20(21-8-10-27(31-18-21)33-11-3-4-12-33)7-9-24(23)30-19-26(28)40(37,38)34-13-15-39-16-14-34/h1-2,5-10,17-19H,3-4,11-16H2,(H,30,32)(H,35,36). The molecular weight excluding hydrogens is 530 g/mol. The Labute approximate surface area is 232 Å². The summed E-state index contributed by atoms with van der Waals surface area (Å²) in [5, 5.41) is 13.5. The molecule has 4 aromatic rings. The molecule has 2 aromatic heterocycles. The van der Waals surface area contributed by atoms with Gasteiger partial charge in [-0.2, -0.15) is 4.31 Å². The van der Waals surface area contributed by atoms with E-state index in [2.05, 4.69) is 20.2 Å². The number of benzene rings is 2. The molecule has 2 aliphatic rings. The molecule has 0 atom stereocenters. The van der Waals surface area contributed by atoms with Crippen LogP contribution < -0.4 is 10.2 Å². The number of ether oxygens (including phenoxy) is 1. The van der Waals surface area contributed by atoms with E-state index in [4.69, 9.17) is 4.74 Å². The van der Waals surface area contributed by atoms with E-state index in [1.165, 1.54) is 16.6 Å². The monoisotopic (exact) mass is 559 g/mol. The lowest BCUT2D eigenvalue weighted by Crippen LogP contribution is -2.40. The first-order valence-electron chi connectivity index (χ1n) is 13.2. The van der Waals surface area contributed by atoms with Crippen LogP contribution >= 0.6 is 0 Å². The van der Waals surface area contributed by atoms with Gasteiger partial charge in [-0.3, -0.25) is 4.98 Å². The fraction of sp³-hybridized carbons (Fsp3) is 0.276. The van der Waals surface area contributed by atoms with E-state index in [-0.39, 0.29) is 34.9 Å². The predicted molar refractivity (Wildman–Crippen MR) is 153 cm³/mol. The molecule has 10 nitrogen and oxygen atoms in total. The fourth-order valence-corrected chi connectivity index (χ4v) is 6.72. The molecule has 2 aromatic carbocycles. The van der Waals surface area contributed by atoms with Crippen molar-refractivity contribution in [2.45, 2.75) is 17.7 Å². The van der Waals surface area contributed by atoms with Crippen LogP contribution in [0.15, 0.2) is 71.9 Å². The summed E-state index contributed by atoms with van der Waals surface area (Å²) in [6.07, 6.45) is 5.49. The summed E-state index contributed by atoms with van der Waals surface area (Å²) in [7, 11) is -3.97. The molecule has 40 heavy (non-hydrogen) atoms. The van der Waals surface area contributed by atoms with Crippen LogP contribution in [0.1, 0.15) is 23.2 Å². The molecule has 4 heterocycles. The van der Waals surface area contributed by atoms with Crippen LogP contribution in [-0.2, 0) is 14.8 Å². The van der Waals surface area contributed by atoms with E-state index in [9.17, 15) is 18.3 Å². The number of rotatable bonds is 7. The number of carboxylic acids is 1. The van der Waals surface area contributed by atoms with E-state index in [1.807, 2.05) is 36.5 Å². The Balaban J connectivity index is 1.49. The van der Waals surface area contributed by atoms with E-state index < -0.39 is 16.0 Å². The molecule has 2 aliphatic heterocycles. The molecule has 206 valence electrons. The lowest BCUT2D eigenvalue weighted by Gasteiger charge is -2.27. The third kappa shape index (κ3) is 4.99. The fourth-order valence-electron chi connectivity index (χ4n) is 5.21. The number of pyridine rings is 2. The number of hydrogen-bond donors (Lipinski definition) is 2. The Morgan fingerprint density at radius 3 is 2.38 bits per heavy atom. The van der Waals surface area contributed by atoms with Gasteiger partial charge in [-0.05, 0) is 54.8 Å². The van der Waals surface area contributed by atoms with Gasteiger partial charge in [0.05, 0.1) is 35.7 Å². The van der Waals surface area contributed by atoms with Crippen molar-refractivity contribution in [3.8, 4) is 11.1 Å². The highest BCUT2D eigenvalue weighted by atomic mass is 32.2. The first-order valence-corrected chi connectivity index (χ1v) is 14.7. The zero-order valence-corrected chi connectivity index (χ0v) is 22.6. The number of carboxylic acid groups (broad SMARTS) is 1. The lowest BCUT2D eigenvalue weighted by molar-refractivity contribution is 0.0698. The minimum Gasteiger partial charge on any atom is -0.478 e. The normalized spacial score (nSPS) is 16.4. The first kappa shape index (κ1) is 26.2. The highest BCUT2D eigenvalue weighted by Gasteiger charge is 2.30. The summed E-state index contributed by atoms with van der Waals surface area (Å²) < 4.78 is 34.4. The molecule has 0 spiro atoms. The second-order valence-electron chi connectivity index (χ2n) is 9.82. The van der Waals surface area contributed by atoms with E-state index in [0.29, 0.717) is 24.1 Å². The van der Waals surface area contributed by atoms with Crippen LogP contribution in [0.5, 0.6) is 0 Å². The number of nitrogens with one attached hydrogen (secondary N) is 1. The van der Waals surface area contributed by atoms with Crippen LogP contribution in [0.2, 0.25) is 0 Å². The van der Waals surface area contributed by atoms with Crippen molar-refractivity contribution in [1.29, 1.82) is 0 Å². The van der Waals surface area contributed by atoms with Crippen molar-refractivity contribution in [3.63, 3.8) is 0 Å². The van der Waals surface area contributed by atoms with Crippen LogP contribution in [-0.4, -0.2) is 73.2 Å². The molecule has 0 radical (unpaired) electrons. The van der Waals surface area contributed by atoms with Crippen molar-refractivity contribution < 1.29 is 23.1 Å². The Morgan fingerprint density at radius 1 is 0.900 bits per heavy atom. The first-order chi connectivity index (χ1) is 19.4. The largest absolute Gasteiger partial charge is 0.478 e. The molecule has 2 N–H and O–H groups in total. The number of morpholine rings is 1. The second-order valence-corrected chi connectivity index (χ2v) is 11.7. The van der Waals surface area contributed by atoms with Crippen molar-refractivity contribution in [1.82, 2.24) is 14.3 Å². The molecule has 0 aliphatic carbocycles. The molecule has 2 fully saturated rings. The zero-order chi connectivity index (χ0) is 27.7. The highest BCUT2D eigenvalue weighted by molar-refractivity contribution is 7.89. The van der Waals surface area contributed by atoms with Gasteiger partial charge in [0.1, 0.15) is 10.7 Å². The Kier molecular flexibility index (Phi) is 7.09. The lowest BCUT2D eigenvalue weighted by atomic mass is 10.0. The number of carbonyl (C=O) groups is 1. The Bertz CT molecular complexity index is 1660. The highest BCUT2D eigenvalue weighted by Crippen LogP contribution is 2.37. The minimum atomic E-state index is -3.97. The molecule has 0 amide bonds. The van der Waals surface area contributed by atoms with Crippen LogP contribution in [0, 0.1) is 0 Å². The summed E-state index contributed by atoms with van der Waals surface area (Å²) in [6.45, 7) is 3.05. The van der Waals surface area contributed by atoms with Crippen LogP contribution in [0.3, 0.4) is 0 Å². The summed E-state index contributed by atoms with van der Waals surface area (Å²) in [6, 6.07) is 16.1. The van der Waals surface area contributed by atoms with Gasteiger partial charge in [0.2, 0.25) is 10.0 Å². The number of sulfonamides is 1. The number of para-hydroxylation sites is 1. The number of fused-ring (bicyclic) bond motifs is 1. The van der Waals surface area contributed by atoms with Gasteiger partial charge in [0, 0.05) is 49.5 Å². The quantitative estimate of drug-likeness (QED) is 0.340. The Hall–Kier alpha value is -4.06. The summed E-state index contributed by atoms with van der Waals surface area (Å²) in [5.41, 5.74) is 2.87. The number of anilines is 3. The maximum absolute atomic E-state index is 13.8. The number of aromatic nitrogens is 2. The van der Waals surface area contributed by atoms with Gasteiger partial charge >= 0.3 is 5.97 Å². The third-order valence-electron chi connectivity index (χ3n) is 7.35. The van der Waals surface area contributed by atoms with Crippen LogP contribution in [0.4, 0.5) is 17.2 Å². The van der Waals surface area contributed by atoms with Gasteiger partial charge in [-0.25, -0.2) is 18.2 Å². The average molecular weight is 560 g/mol. The molecule has 0 saturated carbocycles. The van der Waals surface area contributed by atoms with Gasteiger partial charge in [0.25, 0.3) is 0 Å². The van der Waals surface area contributed by atoms with Gasteiger partial charge in [-0.15, -0.1) is 0 Å². The van der Waals surface area contributed by atoms with E-state index >= 15 is 0 Å². The van der Waals surface area contributed by atoms with Crippen molar-refractivity contribution in [2.24, 2.45) is 0 Å². The Morgan fingerprint density at radius 2 is 1.65 bits per heavy atom. The topological polar surface area (TPSA) is 125 Å². The summed E-state index contributed by atoms with van der Waals surface area (Å²) in [5.74, 6) is -0.181. The second kappa shape index (κ2) is 10.8. The molecule has 2 saturated heterocycles. The van der Waals surface area contributed by atoms with E-state index in [1.54, 1.807) is 18.2 Å². The predicted octanol–water partition coefficient (Wildman–Crippen LogP) is 4.36. The number of nitrogens with zero attached hydrogens (tertiary/aromatic N) is 4. The average Bonchev–Trinajstić information content (AvgIpc) is 3.53. The van der Waals surface area contributed by atoms with Gasteiger partial charge < -0.3 is 20.1 Å². The molecule has 11 heteroatoms. The maximum atomic E-state index is 13.8. The smallest absolute Gasteiger partial charge is 0.337 e. The number of hydrogen-bond acceptors (Lipinski definition) is 8. The summed E-state index contributed by atoms with van der Waals surface area (Å²) in [4.78, 5) is 23.4. The third-order valence-corrected chi connectivity index (χ3v) is 9.26. The SMILES string of the molecule is O=C(O)c1ccccc1Nc1c(S(=O)(=O)N2CCOCC2)cnc2ccc(-c3ccc(N4CCCC4)nc3)cc12. The maximum Gasteiger partial charge on any atom is 0.337 e. The van der Waals surface area contributed by atoms with Gasteiger partial charge in [-0.1, -0.05) is 18.2 Å². The molecule has 0 unspecified atom stereocenters. The molecule has 0 bridgehead atoms. The van der Waals surface area contributed by atoms with Crippen LogP contribution in [0.25, 0.3) is 22.0 Å². The molecular formula is C29H29N5O5S.